The Bertz CT molecular complexity index is 1000. The molecule has 1 fully saturated rings. The van der Waals surface area contributed by atoms with Gasteiger partial charge in [0.15, 0.2) is 0 Å². The lowest BCUT2D eigenvalue weighted by Crippen LogP contribution is -2.43. The summed E-state index contributed by atoms with van der Waals surface area (Å²) in [5, 5.41) is 10.6. The number of benzene rings is 2. The van der Waals surface area contributed by atoms with Crippen LogP contribution in [0.25, 0.3) is 11.1 Å². The van der Waals surface area contributed by atoms with Gasteiger partial charge in [-0.25, -0.2) is 0 Å². The Labute approximate surface area is 163 Å². The van der Waals surface area contributed by atoms with Crippen molar-refractivity contribution in [1.82, 2.24) is 10.2 Å². The van der Waals surface area contributed by atoms with Crippen LogP contribution in [-0.2, 0) is 12.0 Å². The summed E-state index contributed by atoms with van der Waals surface area (Å²) in [7, 11) is 0. The van der Waals surface area contributed by atoms with Crippen molar-refractivity contribution in [3.63, 3.8) is 0 Å². The second-order valence-corrected chi connectivity index (χ2v) is 8.58. The quantitative estimate of drug-likeness (QED) is 0.596. The van der Waals surface area contributed by atoms with Crippen LogP contribution in [0, 0.1) is 13.8 Å². The van der Waals surface area contributed by atoms with Gasteiger partial charge in [-0.2, -0.15) is 0 Å². The average molecular weight is 380 g/mol. The largest absolute Gasteiger partial charge is 0.398 e. The molecule has 1 saturated carbocycles. The maximum absolute atomic E-state index is 6.49. The highest BCUT2D eigenvalue weighted by molar-refractivity contribution is 7.11. The third-order valence-electron chi connectivity index (χ3n) is 5.75. The van der Waals surface area contributed by atoms with Gasteiger partial charge in [-0.1, -0.05) is 35.6 Å². The van der Waals surface area contributed by atoms with E-state index in [1.165, 1.54) is 6.42 Å². The van der Waals surface area contributed by atoms with E-state index >= 15 is 0 Å². The van der Waals surface area contributed by atoms with Crippen molar-refractivity contribution >= 4 is 22.7 Å². The zero-order valence-electron chi connectivity index (χ0n) is 15.7. The number of aromatic nitrogens is 2. The molecule has 5 nitrogen and oxygen atoms in total. The summed E-state index contributed by atoms with van der Waals surface area (Å²) in [6.45, 7) is 4.10. The normalized spacial score (nSPS) is 15.5. The van der Waals surface area contributed by atoms with Gasteiger partial charge in [0.1, 0.15) is 10.0 Å². The highest BCUT2D eigenvalue weighted by Crippen LogP contribution is 2.40. The fraction of sp³-hybridized carbons (Fsp3) is 0.333. The van der Waals surface area contributed by atoms with E-state index in [0.29, 0.717) is 6.42 Å². The van der Waals surface area contributed by atoms with Crippen molar-refractivity contribution in [3.05, 3.63) is 57.0 Å². The van der Waals surface area contributed by atoms with E-state index in [4.69, 9.17) is 17.2 Å². The summed E-state index contributed by atoms with van der Waals surface area (Å²) >= 11 is 1.61. The molecule has 0 radical (unpaired) electrons. The molecule has 0 unspecified atom stereocenters. The van der Waals surface area contributed by atoms with Gasteiger partial charge >= 0.3 is 0 Å². The summed E-state index contributed by atoms with van der Waals surface area (Å²) in [6.07, 6.45) is 3.84. The fourth-order valence-electron chi connectivity index (χ4n) is 3.64. The number of hydrogen-bond acceptors (Lipinski definition) is 6. The third-order valence-corrected chi connectivity index (χ3v) is 6.89. The molecule has 1 aromatic heterocycles. The maximum Gasteiger partial charge on any atom is 0.137 e. The molecule has 0 amide bonds. The van der Waals surface area contributed by atoms with Crippen LogP contribution >= 0.6 is 11.3 Å². The van der Waals surface area contributed by atoms with Crippen LogP contribution in [-0.4, -0.2) is 10.2 Å². The van der Waals surface area contributed by atoms with Gasteiger partial charge in [0, 0.05) is 17.8 Å². The molecule has 3 aromatic rings. The molecular weight excluding hydrogens is 354 g/mol. The molecule has 4 rings (SSSR count). The van der Waals surface area contributed by atoms with E-state index in [-0.39, 0.29) is 5.54 Å². The van der Waals surface area contributed by atoms with Crippen molar-refractivity contribution in [2.75, 3.05) is 11.5 Å². The lowest BCUT2D eigenvalue weighted by atomic mass is 9.78. The highest BCUT2D eigenvalue weighted by atomic mass is 32.1. The second kappa shape index (κ2) is 6.62. The fourth-order valence-corrected chi connectivity index (χ4v) is 4.66. The van der Waals surface area contributed by atoms with E-state index < -0.39 is 0 Å². The first-order valence-electron chi connectivity index (χ1n) is 9.24. The topological polar surface area (TPSA) is 104 Å². The average Bonchev–Trinajstić information content (AvgIpc) is 3.09. The van der Waals surface area contributed by atoms with Crippen molar-refractivity contribution in [1.29, 1.82) is 0 Å². The number of hydrogen-bond donors (Lipinski definition) is 3. The van der Waals surface area contributed by atoms with Crippen molar-refractivity contribution in [3.8, 4) is 11.1 Å². The number of anilines is 2. The first-order chi connectivity index (χ1) is 12.9. The van der Waals surface area contributed by atoms with Gasteiger partial charge in [0.25, 0.3) is 0 Å². The summed E-state index contributed by atoms with van der Waals surface area (Å²) in [4.78, 5) is 0. The Hall–Kier alpha value is -2.44. The predicted octanol–water partition coefficient (Wildman–Crippen LogP) is 3.92. The molecule has 1 aliphatic rings. The molecule has 6 N–H and O–H groups in total. The van der Waals surface area contributed by atoms with E-state index in [1.807, 2.05) is 19.1 Å². The molecule has 2 aromatic carbocycles. The monoisotopic (exact) mass is 379 g/mol. The summed E-state index contributed by atoms with van der Waals surface area (Å²) in [5.41, 5.74) is 25.7. The highest BCUT2D eigenvalue weighted by Gasteiger charge is 2.37. The van der Waals surface area contributed by atoms with Crippen LogP contribution < -0.4 is 17.2 Å². The van der Waals surface area contributed by atoms with Crippen LogP contribution in [0.2, 0.25) is 0 Å². The molecule has 0 bridgehead atoms. The summed E-state index contributed by atoms with van der Waals surface area (Å²) < 4.78 is 0. The summed E-state index contributed by atoms with van der Waals surface area (Å²) in [5.74, 6) is 0. The Morgan fingerprint density at radius 1 is 1.00 bits per heavy atom. The van der Waals surface area contributed by atoms with Crippen molar-refractivity contribution in [2.24, 2.45) is 5.73 Å². The molecule has 6 heteroatoms. The van der Waals surface area contributed by atoms with Gasteiger partial charge in [-0.3, -0.25) is 0 Å². The Kier molecular flexibility index (Phi) is 4.40. The first-order valence-corrected chi connectivity index (χ1v) is 10.1. The van der Waals surface area contributed by atoms with E-state index in [1.54, 1.807) is 11.3 Å². The van der Waals surface area contributed by atoms with E-state index in [0.717, 1.165) is 62.0 Å². The Morgan fingerprint density at radius 2 is 1.74 bits per heavy atom. The van der Waals surface area contributed by atoms with Gasteiger partial charge in [-0.05, 0) is 67.0 Å². The van der Waals surface area contributed by atoms with Crippen molar-refractivity contribution in [2.45, 2.75) is 45.1 Å². The number of nitrogens with two attached hydrogens (primary N) is 3. The molecule has 1 aliphatic carbocycles. The lowest BCUT2D eigenvalue weighted by Gasteiger charge is -2.35. The van der Waals surface area contributed by atoms with E-state index in [9.17, 15) is 0 Å². The molecule has 0 spiro atoms. The molecule has 0 saturated heterocycles. The standard InChI is InChI=1S/C21H25N5S/c1-12-15(5-3-6-17(12)22)16-8-7-14(19(23)13(16)2)11-18-25-26-20(27-18)21(24)9-4-10-21/h3,5-8H,4,9-11,22-24H2,1-2H3. The second-order valence-electron chi connectivity index (χ2n) is 7.52. The van der Waals surface area contributed by atoms with Gasteiger partial charge in [-0.15, -0.1) is 10.2 Å². The Balaban J connectivity index is 1.64. The smallest absolute Gasteiger partial charge is 0.137 e. The van der Waals surface area contributed by atoms with Gasteiger partial charge in [0.05, 0.1) is 5.54 Å². The summed E-state index contributed by atoms with van der Waals surface area (Å²) in [6, 6.07) is 10.2. The molecule has 0 aliphatic heterocycles. The number of rotatable bonds is 4. The maximum atomic E-state index is 6.49. The Morgan fingerprint density at radius 3 is 2.44 bits per heavy atom. The van der Waals surface area contributed by atoms with Crippen molar-refractivity contribution < 1.29 is 0 Å². The number of nitrogen functional groups attached to an aromatic ring is 2. The minimum absolute atomic E-state index is 0.258. The third kappa shape index (κ3) is 3.09. The van der Waals surface area contributed by atoms with Crippen LogP contribution in [0.3, 0.4) is 0 Å². The molecule has 27 heavy (non-hydrogen) atoms. The zero-order chi connectivity index (χ0) is 19.2. The lowest BCUT2D eigenvalue weighted by molar-refractivity contribution is 0.251. The minimum atomic E-state index is -0.258. The van der Waals surface area contributed by atoms with Crippen LogP contribution in [0.5, 0.6) is 0 Å². The minimum Gasteiger partial charge on any atom is -0.398 e. The molecule has 1 heterocycles. The SMILES string of the molecule is Cc1c(N)cccc1-c1ccc(Cc2nnc(C3(N)CCC3)s2)c(N)c1C. The van der Waals surface area contributed by atoms with Gasteiger partial charge in [0.2, 0.25) is 0 Å². The van der Waals surface area contributed by atoms with Crippen LogP contribution in [0.15, 0.2) is 30.3 Å². The first kappa shape index (κ1) is 17.9. The van der Waals surface area contributed by atoms with Crippen LogP contribution in [0.4, 0.5) is 11.4 Å². The van der Waals surface area contributed by atoms with Gasteiger partial charge < -0.3 is 17.2 Å². The number of nitrogens with zero attached hydrogens (tertiary/aromatic N) is 2. The molecule has 140 valence electrons. The predicted molar refractivity (Wildman–Crippen MR) is 113 cm³/mol. The van der Waals surface area contributed by atoms with E-state index in [2.05, 4.69) is 35.3 Å². The van der Waals surface area contributed by atoms with Crippen LogP contribution in [0.1, 0.15) is 46.0 Å². The molecule has 0 atom stereocenters. The molecular formula is C21H25N5S. The zero-order valence-corrected chi connectivity index (χ0v) is 16.6.